The van der Waals surface area contributed by atoms with Crippen molar-refractivity contribution in [2.45, 2.75) is 6.61 Å². The van der Waals surface area contributed by atoms with Crippen molar-refractivity contribution in [3.8, 4) is 11.5 Å². The molecule has 0 aliphatic carbocycles. The summed E-state index contributed by atoms with van der Waals surface area (Å²) in [7, 11) is 1.59. The first kappa shape index (κ1) is 14.0. The Hall–Kier alpha value is -2.95. The largest absolute Gasteiger partial charge is 0.493 e. The summed E-state index contributed by atoms with van der Waals surface area (Å²) in [6.07, 6.45) is 1.83. The molecular formula is C17H15NO4. The Morgan fingerprint density at radius 3 is 2.68 bits per heavy atom. The number of aromatic carboxylic acids is 1. The van der Waals surface area contributed by atoms with Gasteiger partial charge >= 0.3 is 5.97 Å². The van der Waals surface area contributed by atoms with E-state index in [2.05, 4.69) is 4.98 Å². The van der Waals surface area contributed by atoms with Crippen LogP contribution in [0.5, 0.6) is 11.5 Å². The standard InChI is InChI=1S/C17H15NO4/c1-21-15-4-2-3-5-16(15)22-10-12-9-18-14-7-6-11(17(19)20)8-13(12)14/h2-9,18H,10H2,1H3,(H,19,20). The number of nitrogens with one attached hydrogen (secondary N) is 1. The van der Waals surface area contributed by atoms with Crippen LogP contribution in [-0.4, -0.2) is 23.2 Å². The molecule has 0 amide bonds. The fraction of sp³-hybridized carbons (Fsp3) is 0.118. The molecule has 22 heavy (non-hydrogen) atoms. The summed E-state index contributed by atoms with van der Waals surface area (Å²) in [4.78, 5) is 14.2. The van der Waals surface area contributed by atoms with Crippen LogP contribution in [0.15, 0.2) is 48.7 Å². The summed E-state index contributed by atoms with van der Waals surface area (Å²) in [5, 5.41) is 9.93. The van der Waals surface area contributed by atoms with Crippen molar-refractivity contribution in [2.75, 3.05) is 7.11 Å². The molecule has 112 valence electrons. The molecule has 0 saturated heterocycles. The van der Waals surface area contributed by atoms with E-state index in [0.29, 0.717) is 18.1 Å². The minimum atomic E-state index is -0.945. The maximum Gasteiger partial charge on any atom is 0.335 e. The van der Waals surface area contributed by atoms with Gasteiger partial charge in [0.2, 0.25) is 0 Å². The molecular weight excluding hydrogens is 282 g/mol. The number of fused-ring (bicyclic) bond motifs is 1. The molecule has 0 aliphatic rings. The lowest BCUT2D eigenvalue weighted by molar-refractivity contribution is 0.0697. The third kappa shape index (κ3) is 2.61. The molecule has 0 aliphatic heterocycles. The van der Waals surface area contributed by atoms with Gasteiger partial charge in [0.25, 0.3) is 0 Å². The van der Waals surface area contributed by atoms with Crippen LogP contribution >= 0.6 is 0 Å². The number of hydrogen-bond acceptors (Lipinski definition) is 3. The van der Waals surface area contributed by atoms with Crippen LogP contribution in [-0.2, 0) is 6.61 Å². The number of rotatable bonds is 5. The maximum atomic E-state index is 11.1. The SMILES string of the molecule is COc1ccccc1OCc1c[nH]c2ccc(C(=O)O)cc12. The molecule has 3 aromatic rings. The zero-order valence-corrected chi connectivity index (χ0v) is 12.0. The average Bonchev–Trinajstić information content (AvgIpc) is 2.95. The van der Waals surface area contributed by atoms with Gasteiger partial charge in [-0.15, -0.1) is 0 Å². The summed E-state index contributed by atoms with van der Waals surface area (Å²) in [6, 6.07) is 12.4. The van der Waals surface area contributed by atoms with Crippen LogP contribution in [0.4, 0.5) is 0 Å². The summed E-state index contributed by atoms with van der Waals surface area (Å²) in [5.41, 5.74) is 2.03. The molecule has 3 rings (SSSR count). The predicted octanol–water partition coefficient (Wildman–Crippen LogP) is 3.45. The second kappa shape index (κ2) is 5.81. The Morgan fingerprint density at radius 1 is 1.18 bits per heavy atom. The number of aromatic amines is 1. The van der Waals surface area contributed by atoms with Crippen molar-refractivity contribution in [1.82, 2.24) is 4.98 Å². The van der Waals surface area contributed by atoms with E-state index < -0.39 is 5.97 Å². The van der Waals surface area contributed by atoms with Gasteiger partial charge in [-0.05, 0) is 30.3 Å². The van der Waals surface area contributed by atoms with Gasteiger partial charge < -0.3 is 19.6 Å². The average molecular weight is 297 g/mol. The highest BCUT2D eigenvalue weighted by molar-refractivity contribution is 5.94. The van der Waals surface area contributed by atoms with Crippen LogP contribution in [0.25, 0.3) is 10.9 Å². The topological polar surface area (TPSA) is 71.5 Å². The van der Waals surface area contributed by atoms with Crippen LogP contribution < -0.4 is 9.47 Å². The minimum Gasteiger partial charge on any atom is -0.493 e. The van der Waals surface area contributed by atoms with E-state index in [1.54, 1.807) is 25.3 Å². The first-order valence-electron chi connectivity index (χ1n) is 6.78. The molecule has 2 aromatic carbocycles. The Balaban J connectivity index is 1.87. The molecule has 1 heterocycles. The third-order valence-electron chi connectivity index (χ3n) is 3.47. The zero-order valence-electron chi connectivity index (χ0n) is 12.0. The highest BCUT2D eigenvalue weighted by atomic mass is 16.5. The number of para-hydroxylation sites is 2. The lowest BCUT2D eigenvalue weighted by Gasteiger charge is -2.09. The van der Waals surface area contributed by atoms with Crippen molar-refractivity contribution in [3.63, 3.8) is 0 Å². The quantitative estimate of drug-likeness (QED) is 0.756. The molecule has 0 radical (unpaired) electrons. The van der Waals surface area contributed by atoms with E-state index >= 15 is 0 Å². The van der Waals surface area contributed by atoms with E-state index in [9.17, 15) is 4.79 Å². The zero-order chi connectivity index (χ0) is 15.5. The fourth-order valence-electron chi connectivity index (χ4n) is 2.32. The summed E-state index contributed by atoms with van der Waals surface area (Å²) >= 11 is 0. The number of carboxylic acids is 1. The highest BCUT2D eigenvalue weighted by Crippen LogP contribution is 2.28. The van der Waals surface area contributed by atoms with Gasteiger partial charge in [0.15, 0.2) is 11.5 Å². The normalized spacial score (nSPS) is 10.6. The Kier molecular flexibility index (Phi) is 3.70. The van der Waals surface area contributed by atoms with E-state index in [-0.39, 0.29) is 5.56 Å². The summed E-state index contributed by atoms with van der Waals surface area (Å²) in [6.45, 7) is 0.323. The number of H-pyrrole nitrogens is 1. The minimum absolute atomic E-state index is 0.255. The lowest BCUT2D eigenvalue weighted by Crippen LogP contribution is -1.98. The van der Waals surface area contributed by atoms with E-state index in [1.165, 1.54) is 0 Å². The molecule has 0 fully saturated rings. The molecule has 0 atom stereocenters. The highest BCUT2D eigenvalue weighted by Gasteiger charge is 2.10. The molecule has 5 heteroatoms. The number of carboxylic acid groups (broad SMARTS) is 1. The van der Waals surface area contributed by atoms with Gasteiger partial charge in [0.05, 0.1) is 12.7 Å². The van der Waals surface area contributed by atoms with Gasteiger partial charge in [-0.3, -0.25) is 0 Å². The molecule has 0 bridgehead atoms. The summed E-state index contributed by atoms with van der Waals surface area (Å²) in [5.74, 6) is 0.363. The molecule has 2 N–H and O–H groups in total. The number of methoxy groups -OCH3 is 1. The maximum absolute atomic E-state index is 11.1. The van der Waals surface area contributed by atoms with Crippen LogP contribution in [0.2, 0.25) is 0 Å². The van der Waals surface area contributed by atoms with Gasteiger partial charge in [-0.2, -0.15) is 0 Å². The van der Waals surface area contributed by atoms with Crippen molar-refractivity contribution in [2.24, 2.45) is 0 Å². The van der Waals surface area contributed by atoms with Crippen LogP contribution in [0, 0.1) is 0 Å². The molecule has 1 aromatic heterocycles. The lowest BCUT2D eigenvalue weighted by atomic mass is 10.1. The first-order chi connectivity index (χ1) is 10.7. The van der Waals surface area contributed by atoms with E-state index in [1.807, 2.05) is 30.5 Å². The Labute approximate surface area is 127 Å². The van der Waals surface area contributed by atoms with Gasteiger partial charge in [0, 0.05) is 22.7 Å². The van der Waals surface area contributed by atoms with Gasteiger partial charge in [-0.25, -0.2) is 4.79 Å². The van der Waals surface area contributed by atoms with E-state index in [4.69, 9.17) is 14.6 Å². The van der Waals surface area contributed by atoms with Crippen molar-refractivity contribution in [1.29, 1.82) is 0 Å². The molecule has 0 spiro atoms. The smallest absolute Gasteiger partial charge is 0.335 e. The summed E-state index contributed by atoms with van der Waals surface area (Å²) < 4.78 is 11.0. The second-order valence-electron chi connectivity index (χ2n) is 4.82. The first-order valence-corrected chi connectivity index (χ1v) is 6.78. The van der Waals surface area contributed by atoms with Crippen molar-refractivity contribution in [3.05, 3.63) is 59.8 Å². The van der Waals surface area contributed by atoms with Gasteiger partial charge in [-0.1, -0.05) is 12.1 Å². The second-order valence-corrected chi connectivity index (χ2v) is 4.82. The molecule has 0 unspecified atom stereocenters. The van der Waals surface area contributed by atoms with Crippen molar-refractivity contribution >= 4 is 16.9 Å². The number of aromatic nitrogens is 1. The number of benzene rings is 2. The van der Waals surface area contributed by atoms with Gasteiger partial charge in [0.1, 0.15) is 6.61 Å². The fourth-order valence-corrected chi connectivity index (χ4v) is 2.32. The predicted molar refractivity (Wildman–Crippen MR) is 82.6 cm³/mol. The number of ether oxygens (including phenoxy) is 2. The Morgan fingerprint density at radius 2 is 1.95 bits per heavy atom. The van der Waals surface area contributed by atoms with E-state index in [0.717, 1.165) is 16.5 Å². The van der Waals surface area contributed by atoms with Crippen LogP contribution in [0.1, 0.15) is 15.9 Å². The Bertz CT molecular complexity index is 822. The monoisotopic (exact) mass is 297 g/mol. The third-order valence-corrected chi connectivity index (χ3v) is 3.47. The van der Waals surface area contributed by atoms with Crippen LogP contribution in [0.3, 0.4) is 0 Å². The molecule has 0 saturated carbocycles. The number of carbonyl (C=O) groups is 1. The molecule has 5 nitrogen and oxygen atoms in total. The van der Waals surface area contributed by atoms with Crippen molar-refractivity contribution < 1.29 is 19.4 Å². The number of hydrogen-bond donors (Lipinski definition) is 2.